The summed E-state index contributed by atoms with van der Waals surface area (Å²) in [6, 6.07) is 16.1. The van der Waals surface area contributed by atoms with E-state index in [1.807, 2.05) is 48.2 Å². The highest BCUT2D eigenvalue weighted by atomic mass is 16.2. The third-order valence-corrected chi connectivity index (χ3v) is 5.13. The quantitative estimate of drug-likeness (QED) is 0.720. The Hall–Kier alpha value is -2.75. The molecule has 0 N–H and O–H groups in total. The predicted molar refractivity (Wildman–Crippen MR) is 103 cm³/mol. The molecule has 1 fully saturated rings. The van der Waals surface area contributed by atoms with Crippen molar-refractivity contribution in [3.63, 3.8) is 0 Å². The van der Waals surface area contributed by atoms with Gasteiger partial charge < -0.3 is 4.90 Å². The van der Waals surface area contributed by atoms with Gasteiger partial charge in [-0.1, -0.05) is 30.3 Å². The molecule has 4 nitrogen and oxygen atoms in total. The van der Waals surface area contributed by atoms with E-state index in [2.05, 4.69) is 22.1 Å². The highest BCUT2D eigenvalue weighted by molar-refractivity contribution is 6.05. The maximum atomic E-state index is 13.1. The average molecular weight is 345 g/mol. The number of fused-ring (bicyclic) bond motifs is 1. The van der Waals surface area contributed by atoms with Crippen molar-refractivity contribution < 1.29 is 4.79 Å². The number of rotatable bonds is 3. The van der Waals surface area contributed by atoms with Crippen molar-refractivity contribution in [1.82, 2.24) is 14.9 Å². The molecule has 132 valence electrons. The van der Waals surface area contributed by atoms with Gasteiger partial charge in [-0.2, -0.15) is 0 Å². The van der Waals surface area contributed by atoms with Crippen molar-refractivity contribution in [2.24, 2.45) is 5.92 Å². The van der Waals surface area contributed by atoms with E-state index in [1.54, 1.807) is 6.20 Å². The number of aromatic nitrogens is 2. The molecule has 1 aliphatic heterocycles. The van der Waals surface area contributed by atoms with E-state index in [-0.39, 0.29) is 5.91 Å². The van der Waals surface area contributed by atoms with Crippen LogP contribution in [0.5, 0.6) is 0 Å². The minimum absolute atomic E-state index is 0.0451. The summed E-state index contributed by atoms with van der Waals surface area (Å²) in [4.78, 5) is 24.1. The summed E-state index contributed by atoms with van der Waals surface area (Å²) >= 11 is 0. The molecule has 4 heteroatoms. The summed E-state index contributed by atoms with van der Waals surface area (Å²) in [6.45, 7) is 3.60. The number of carbonyl (C=O) groups excluding carboxylic acids is 1. The number of piperidine rings is 1. The topological polar surface area (TPSA) is 46.1 Å². The molecule has 0 unspecified atom stereocenters. The van der Waals surface area contributed by atoms with Crippen LogP contribution < -0.4 is 0 Å². The lowest BCUT2D eigenvalue weighted by Gasteiger charge is -2.32. The maximum Gasteiger partial charge on any atom is 0.273 e. The molecule has 1 atom stereocenters. The Bertz CT molecular complexity index is 932. The molecular weight excluding hydrogens is 322 g/mol. The first kappa shape index (κ1) is 16.7. The van der Waals surface area contributed by atoms with E-state index in [1.165, 1.54) is 0 Å². The predicted octanol–water partition coefficient (Wildman–Crippen LogP) is 4.03. The van der Waals surface area contributed by atoms with Crippen molar-refractivity contribution in [1.29, 1.82) is 0 Å². The molecule has 0 saturated carbocycles. The van der Waals surface area contributed by atoms with Crippen molar-refractivity contribution in [2.45, 2.75) is 26.2 Å². The van der Waals surface area contributed by atoms with Gasteiger partial charge in [-0.3, -0.25) is 14.8 Å². The highest BCUT2D eigenvalue weighted by Crippen LogP contribution is 2.24. The zero-order valence-electron chi connectivity index (χ0n) is 15.1. The van der Waals surface area contributed by atoms with Crippen LogP contribution in [0.1, 0.15) is 34.7 Å². The number of likely N-dealkylation sites (tertiary alicyclic amines) is 1. The van der Waals surface area contributed by atoms with Crippen LogP contribution in [0.4, 0.5) is 0 Å². The second-order valence-electron chi connectivity index (χ2n) is 7.11. The largest absolute Gasteiger partial charge is 0.337 e. The number of hydrogen-bond acceptors (Lipinski definition) is 3. The van der Waals surface area contributed by atoms with Gasteiger partial charge in [0.15, 0.2) is 0 Å². The summed E-state index contributed by atoms with van der Waals surface area (Å²) in [6.07, 6.45) is 4.83. The zero-order chi connectivity index (χ0) is 17.9. The van der Waals surface area contributed by atoms with Gasteiger partial charge in [-0.25, -0.2) is 0 Å². The standard InChI is InChI=1S/C22H23N3O/c1-16-6-4-9-19(24-16)14-17-7-5-13-25(15-17)22(26)21-20-10-3-2-8-18(20)11-12-23-21/h2-4,6,8-12,17H,5,7,13-15H2,1H3/t17-/m0/s1. The monoisotopic (exact) mass is 345 g/mol. The lowest BCUT2D eigenvalue weighted by Crippen LogP contribution is -2.41. The highest BCUT2D eigenvalue weighted by Gasteiger charge is 2.26. The average Bonchev–Trinajstić information content (AvgIpc) is 2.67. The molecule has 1 aliphatic rings. The Morgan fingerprint density at radius 3 is 2.92 bits per heavy atom. The van der Waals surface area contributed by atoms with Crippen LogP contribution in [0.25, 0.3) is 10.8 Å². The van der Waals surface area contributed by atoms with Gasteiger partial charge in [0.2, 0.25) is 0 Å². The van der Waals surface area contributed by atoms with Crippen molar-refractivity contribution in [3.05, 3.63) is 71.8 Å². The molecule has 2 aromatic heterocycles. The first-order valence-electron chi connectivity index (χ1n) is 9.26. The fourth-order valence-corrected chi connectivity index (χ4v) is 3.86. The van der Waals surface area contributed by atoms with Crippen molar-refractivity contribution in [2.75, 3.05) is 13.1 Å². The molecule has 0 bridgehead atoms. The van der Waals surface area contributed by atoms with Crippen LogP contribution in [-0.2, 0) is 6.42 Å². The van der Waals surface area contributed by atoms with E-state index < -0.39 is 0 Å². The molecule has 1 saturated heterocycles. The number of nitrogens with zero attached hydrogens (tertiary/aromatic N) is 3. The Balaban J connectivity index is 1.53. The van der Waals surface area contributed by atoms with Crippen molar-refractivity contribution >= 4 is 16.7 Å². The van der Waals surface area contributed by atoms with Gasteiger partial charge in [0, 0.05) is 36.1 Å². The Morgan fingerprint density at radius 2 is 2.04 bits per heavy atom. The molecule has 1 amide bonds. The third-order valence-electron chi connectivity index (χ3n) is 5.13. The van der Waals surface area contributed by atoms with Crippen molar-refractivity contribution in [3.8, 4) is 0 Å². The van der Waals surface area contributed by atoms with E-state index in [0.717, 1.165) is 54.5 Å². The Morgan fingerprint density at radius 1 is 1.15 bits per heavy atom. The molecule has 4 rings (SSSR count). The molecule has 26 heavy (non-hydrogen) atoms. The van der Waals surface area contributed by atoms with Crippen LogP contribution in [0, 0.1) is 12.8 Å². The second-order valence-corrected chi connectivity index (χ2v) is 7.11. The molecule has 0 aliphatic carbocycles. The third kappa shape index (κ3) is 3.45. The first-order valence-corrected chi connectivity index (χ1v) is 9.26. The molecular formula is C22H23N3O. The lowest BCUT2D eigenvalue weighted by atomic mass is 9.92. The normalized spacial score (nSPS) is 17.4. The van der Waals surface area contributed by atoms with Crippen LogP contribution in [0.15, 0.2) is 54.7 Å². The van der Waals surface area contributed by atoms with E-state index in [0.29, 0.717) is 11.6 Å². The van der Waals surface area contributed by atoms with Gasteiger partial charge in [0.25, 0.3) is 5.91 Å². The van der Waals surface area contributed by atoms with Crippen LogP contribution >= 0.6 is 0 Å². The van der Waals surface area contributed by atoms with Gasteiger partial charge in [-0.05, 0) is 55.7 Å². The summed E-state index contributed by atoms with van der Waals surface area (Å²) in [5.41, 5.74) is 2.73. The van der Waals surface area contributed by atoms with Gasteiger partial charge in [-0.15, -0.1) is 0 Å². The first-order chi connectivity index (χ1) is 12.7. The zero-order valence-corrected chi connectivity index (χ0v) is 15.1. The number of aryl methyl sites for hydroxylation is 1. The number of pyridine rings is 2. The van der Waals surface area contributed by atoms with Crippen LogP contribution in [0.3, 0.4) is 0 Å². The Labute approximate surface area is 153 Å². The summed E-state index contributed by atoms with van der Waals surface area (Å²) in [5, 5.41) is 1.99. The number of carbonyl (C=O) groups is 1. The molecule has 3 heterocycles. The van der Waals surface area contributed by atoms with E-state index in [9.17, 15) is 4.79 Å². The smallest absolute Gasteiger partial charge is 0.273 e. The molecule has 0 radical (unpaired) electrons. The number of amides is 1. The summed E-state index contributed by atoms with van der Waals surface area (Å²) in [5.74, 6) is 0.501. The van der Waals surface area contributed by atoms with Gasteiger partial charge >= 0.3 is 0 Å². The molecule has 1 aromatic carbocycles. The van der Waals surface area contributed by atoms with Crippen LogP contribution in [0.2, 0.25) is 0 Å². The SMILES string of the molecule is Cc1cccc(C[C@@H]2CCCN(C(=O)c3nccc4ccccc34)C2)n1. The van der Waals surface area contributed by atoms with E-state index in [4.69, 9.17) is 0 Å². The van der Waals surface area contributed by atoms with Gasteiger partial charge in [0.1, 0.15) is 5.69 Å². The molecule has 3 aromatic rings. The van der Waals surface area contributed by atoms with E-state index >= 15 is 0 Å². The maximum absolute atomic E-state index is 13.1. The fraction of sp³-hybridized carbons (Fsp3) is 0.318. The fourth-order valence-electron chi connectivity index (χ4n) is 3.86. The minimum Gasteiger partial charge on any atom is -0.337 e. The van der Waals surface area contributed by atoms with Crippen LogP contribution in [-0.4, -0.2) is 33.9 Å². The summed E-state index contributed by atoms with van der Waals surface area (Å²) in [7, 11) is 0. The number of benzene rings is 1. The Kier molecular flexibility index (Phi) is 4.65. The minimum atomic E-state index is 0.0451. The van der Waals surface area contributed by atoms with Gasteiger partial charge in [0.05, 0.1) is 0 Å². The number of hydrogen-bond donors (Lipinski definition) is 0. The lowest BCUT2D eigenvalue weighted by molar-refractivity contribution is 0.0669. The summed E-state index contributed by atoms with van der Waals surface area (Å²) < 4.78 is 0. The molecule has 0 spiro atoms. The second kappa shape index (κ2) is 7.24.